The lowest BCUT2D eigenvalue weighted by molar-refractivity contribution is 0.299. The maximum absolute atomic E-state index is 14.7. The second-order valence-electron chi connectivity index (χ2n) is 8.02. The molecule has 0 spiro atoms. The smallest absolute Gasteiger partial charge is 0.293 e. The maximum atomic E-state index is 14.7. The molecule has 0 atom stereocenters. The molecule has 8 heteroatoms. The van der Waals surface area contributed by atoms with Gasteiger partial charge in [0.2, 0.25) is 0 Å². The van der Waals surface area contributed by atoms with Crippen molar-refractivity contribution in [2.45, 2.75) is 39.3 Å². The topological polar surface area (TPSA) is 82.3 Å². The second-order valence-corrected chi connectivity index (χ2v) is 8.02. The summed E-state index contributed by atoms with van der Waals surface area (Å²) in [4.78, 5) is 11.2. The molecule has 0 saturated carbocycles. The molecule has 0 saturated heterocycles. The lowest BCUT2D eigenvalue weighted by Crippen LogP contribution is -2.25. The van der Waals surface area contributed by atoms with Crippen LogP contribution in [0.1, 0.15) is 26.7 Å². The van der Waals surface area contributed by atoms with E-state index in [0.717, 1.165) is 41.9 Å². The Balaban J connectivity index is 1.76. The molecule has 2 aromatic carbocycles. The first kappa shape index (κ1) is 18.7. The van der Waals surface area contributed by atoms with E-state index in [2.05, 4.69) is 47.5 Å². The van der Waals surface area contributed by atoms with Gasteiger partial charge in [-0.25, -0.2) is 9.37 Å². The first-order valence-corrected chi connectivity index (χ1v) is 10.2. The molecule has 4 aromatic rings. The fourth-order valence-electron chi connectivity index (χ4n) is 3.96. The Morgan fingerprint density at radius 1 is 1.13 bits per heavy atom. The van der Waals surface area contributed by atoms with E-state index >= 15 is 0 Å². The van der Waals surface area contributed by atoms with E-state index in [1.807, 2.05) is 0 Å². The number of nitrogen functional groups attached to an aromatic ring is 1. The number of oxazole rings is 1. The van der Waals surface area contributed by atoms with Gasteiger partial charge in [-0.3, -0.25) is 0 Å². The molecule has 0 radical (unpaired) electrons. The zero-order chi connectivity index (χ0) is 21.0. The van der Waals surface area contributed by atoms with Crippen LogP contribution >= 0.6 is 0 Å². The summed E-state index contributed by atoms with van der Waals surface area (Å²) >= 11 is 0. The van der Waals surface area contributed by atoms with Gasteiger partial charge in [0.25, 0.3) is 6.01 Å². The fraction of sp³-hybridized carbons (Fsp3) is 0.364. The second kappa shape index (κ2) is 6.90. The number of ether oxygens (including phenoxy) is 1. The van der Waals surface area contributed by atoms with Crippen LogP contribution in [0.25, 0.3) is 33.5 Å². The number of hydrogen-bond donors (Lipinski definition) is 1. The van der Waals surface area contributed by atoms with Gasteiger partial charge in [-0.15, -0.1) is 0 Å². The van der Waals surface area contributed by atoms with E-state index in [9.17, 15) is 4.39 Å². The van der Waals surface area contributed by atoms with Crippen LogP contribution in [0.5, 0.6) is 5.75 Å². The predicted molar refractivity (Wildman–Crippen MR) is 115 cm³/mol. The Kier molecular flexibility index (Phi) is 4.30. The van der Waals surface area contributed by atoms with Gasteiger partial charge < -0.3 is 24.4 Å². The van der Waals surface area contributed by atoms with E-state index in [1.165, 1.54) is 6.07 Å². The number of fused-ring (bicyclic) bond motifs is 1. The standard InChI is InChI=1S/C22H24FN5O2/c1-12(2)27(3)14-10-16-19-18(11-14)29-7-5-4-6-28(19)21(25-16)13-8-15(23)20-17(9-13)26-22(24)30-20/h8-12H,4-7H2,1-3H3,(H2,24,26). The molecule has 30 heavy (non-hydrogen) atoms. The minimum absolute atomic E-state index is 0.0546. The number of aryl methyl sites for hydroxylation is 1. The molecule has 156 valence electrons. The van der Waals surface area contributed by atoms with Crippen molar-refractivity contribution in [1.82, 2.24) is 14.5 Å². The Morgan fingerprint density at radius 3 is 2.77 bits per heavy atom. The Bertz CT molecular complexity index is 1260. The van der Waals surface area contributed by atoms with Crippen LogP contribution in [0, 0.1) is 5.82 Å². The van der Waals surface area contributed by atoms with Gasteiger partial charge in [0.15, 0.2) is 11.4 Å². The summed E-state index contributed by atoms with van der Waals surface area (Å²) in [5.41, 5.74) is 9.49. The lowest BCUT2D eigenvalue weighted by atomic mass is 10.1. The normalized spacial score (nSPS) is 14.2. The van der Waals surface area contributed by atoms with E-state index in [-0.39, 0.29) is 11.6 Å². The van der Waals surface area contributed by atoms with Crippen LogP contribution in [0.3, 0.4) is 0 Å². The van der Waals surface area contributed by atoms with Gasteiger partial charge >= 0.3 is 0 Å². The molecule has 2 aromatic heterocycles. The molecule has 0 fully saturated rings. The van der Waals surface area contributed by atoms with Crippen molar-refractivity contribution >= 4 is 33.8 Å². The van der Waals surface area contributed by atoms with E-state index in [0.29, 0.717) is 29.6 Å². The van der Waals surface area contributed by atoms with E-state index in [4.69, 9.17) is 19.9 Å². The first-order valence-electron chi connectivity index (χ1n) is 10.2. The highest BCUT2D eigenvalue weighted by atomic mass is 19.1. The Morgan fingerprint density at radius 2 is 1.97 bits per heavy atom. The summed E-state index contributed by atoms with van der Waals surface area (Å²) in [6.45, 7) is 5.73. The number of anilines is 2. The molecule has 0 unspecified atom stereocenters. The molecule has 2 N–H and O–H groups in total. The SMILES string of the molecule is CC(C)N(C)c1cc2c3c(c1)nc(-c1cc(F)c4oc(N)nc4c1)n3CCCCO2. The van der Waals surface area contributed by atoms with Gasteiger partial charge in [0.1, 0.15) is 22.6 Å². The Hall–Kier alpha value is -3.29. The van der Waals surface area contributed by atoms with Gasteiger partial charge in [0.05, 0.1) is 12.1 Å². The number of nitrogens with zero attached hydrogens (tertiary/aromatic N) is 4. The summed E-state index contributed by atoms with van der Waals surface area (Å²) in [5.74, 6) is 0.984. The largest absolute Gasteiger partial charge is 0.491 e. The predicted octanol–water partition coefficient (Wildman–Crippen LogP) is 4.58. The quantitative estimate of drug-likeness (QED) is 0.533. The summed E-state index contributed by atoms with van der Waals surface area (Å²) in [6.07, 6.45) is 1.89. The molecule has 1 aliphatic heterocycles. The molecule has 7 nitrogen and oxygen atoms in total. The van der Waals surface area contributed by atoms with Crippen LogP contribution in [-0.4, -0.2) is 34.2 Å². The van der Waals surface area contributed by atoms with Crippen molar-refractivity contribution in [2.24, 2.45) is 0 Å². The molecule has 0 amide bonds. The number of rotatable bonds is 3. The van der Waals surface area contributed by atoms with Crippen LogP contribution < -0.4 is 15.4 Å². The average molecular weight is 409 g/mol. The summed E-state index contributed by atoms with van der Waals surface area (Å²) in [7, 11) is 2.05. The van der Waals surface area contributed by atoms with Crippen molar-refractivity contribution in [3.63, 3.8) is 0 Å². The van der Waals surface area contributed by atoms with Gasteiger partial charge in [-0.05, 0) is 44.9 Å². The third-order valence-electron chi connectivity index (χ3n) is 5.73. The number of hydrogen-bond acceptors (Lipinski definition) is 6. The summed E-state index contributed by atoms with van der Waals surface area (Å²) in [5, 5.41) is 0. The van der Waals surface area contributed by atoms with Crippen LogP contribution in [0.2, 0.25) is 0 Å². The van der Waals surface area contributed by atoms with Gasteiger partial charge in [-0.2, -0.15) is 4.98 Å². The van der Waals surface area contributed by atoms with Crippen molar-refractivity contribution in [2.75, 3.05) is 24.3 Å². The minimum atomic E-state index is -0.505. The van der Waals surface area contributed by atoms with Gasteiger partial charge in [-0.1, -0.05) is 0 Å². The van der Waals surface area contributed by atoms with Crippen LogP contribution in [-0.2, 0) is 6.54 Å². The van der Waals surface area contributed by atoms with E-state index in [1.54, 1.807) is 6.07 Å². The maximum Gasteiger partial charge on any atom is 0.293 e. The number of halogens is 1. The van der Waals surface area contributed by atoms with E-state index < -0.39 is 5.82 Å². The highest BCUT2D eigenvalue weighted by molar-refractivity contribution is 5.91. The lowest BCUT2D eigenvalue weighted by Gasteiger charge is -2.25. The van der Waals surface area contributed by atoms with Crippen molar-refractivity contribution in [3.05, 3.63) is 30.1 Å². The van der Waals surface area contributed by atoms with Crippen molar-refractivity contribution in [1.29, 1.82) is 0 Å². The molecule has 0 bridgehead atoms. The number of benzene rings is 2. The Labute approximate surface area is 173 Å². The average Bonchev–Trinajstić information content (AvgIpc) is 3.24. The van der Waals surface area contributed by atoms with Crippen molar-refractivity contribution in [3.8, 4) is 17.1 Å². The minimum Gasteiger partial charge on any atom is -0.491 e. The number of imidazole rings is 1. The van der Waals surface area contributed by atoms with Crippen LogP contribution in [0.4, 0.5) is 16.1 Å². The highest BCUT2D eigenvalue weighted by Crippen LogP contribution is 2.37. The van der Waals surface area contributed by atoms with Crippen LogP contribution in [0.15, 0.2) is 28.7 Å². The third-order valence-corrected chi connectivity index (χ3v) is 5.73. The fourth-order valence-corrected chi connectivity index (χ4v) is 3.96. The highest BCUT2D eigenvalue weighted by Gasteiger charge is 2.22. The molecule has 5 rings (SSSR count). The number of nitrogens with two attached hydrogens (primary N) is 1. The zero-order valence-electron chi connectivity index (χ0n) is 17.3. The summed E-state index contributed by atoms with van der Waals surface area (Å²) < 4.78 is 28.1. The number of aromatic nitrogens is 3. The molecular weight excluding hydrogens is 385 g/mol. The molecule has 0 aliphatic carbocycles. The third kappa shape index (κ3) is 2.94. The molecule has 3 heterocycles. The van der Waals surface area contributed by atoms with Gasteiger partial charge in [0, 0.05) is 37.0 Å². The van der Waals surface area contributed by atoms with Crippen molar-refractivity contribution < 1.29 is 13.5 Å². The molecular formula is C22H24FN5O2. The molecule has 1 aliphatic rings. The monoisotopic (exact) mass is 409 g/mol. The summed E-state index contributed by atoms with van der Waals surface area (Å²) in [6, 6.07) is 7.60. The zero-order valence-corrected chi connectivity index (χ0v) is 17.3. The first-order chi connectivity index (χ1) is 14.4.